The Labute approximate surface area is 165 Å². The normalized spacial score (nSPS) is 20.0. The molecule has 1 aromatic heterocycles. The van der Waals surface area contributed by atoms with Gasteiger partial charge in [-0.25, -0.2) is 9.78 Å². The van der Waals surface area contributed by atoms with E-state index in [1.165, 1.54) is 0 Å². The van der Waals surface area contributed by atoms with Crippen LogP contribution in [0.4, 0.5) is 4.79 Å². The van der Waals surface area contributed by atoms with E-state index in [1.54, 1.807) is 13.3 Å². The second-order valence-electron chi connectivity index (χ2n) is 7.67. The molecular weight excluding hydrogens is 356 g/mol. The minimum Gasteiger partial charge on any atom is -0.497 e. The summed E-state index contributed by atoms with van der Waals surface area (Å²) < 4.78 is 12.7. The SMILES string of the molecule is COc1ccc(C(NC(=O)N(CC2CCOC2)C2CC2)c2nccn2C)cc1. The summed E-state index contributed by atoms with van der Waals surface area (Å²) in [7, 11) is 3.59. The van der Waals surface area contributed by atoms with Crippen molar-refractivity contribution in [2.75, 3.05) is 26.9 Å². The number of ether oxygens (including phenoxy) is 2. The monoisotopic (exact) mass is 384 g/mol. The number of hydrogen-bond acceptors (Lipinski definition) is 4. The van der Waals surface area contributed by atoms with E-state index in [1.807, 2.05) is 47.0 Å². The lowest BCUT2D eigenvalue weighted by Gasteiger charge is -2.28. The van der Waals surface area contributed by atoms with Crippen molar-refractivity contribution >= 4 is 6.03 Å². The Balaban J connectivity index is 1.55. The summed E-state index contributed by atoms with van der Waals surface area (Å²) in [5.74, 6) is 2.02. The number of rotatable bonds is 7. The van der Waals surface area contributed by atoms with Crippen molar-refractivity contribution in [2.45, 2.75) is 31.3 Å². The number of carbonyl (C=O) groups is 1. The van der Waals surface area contributed by atoms with Gasteiger partial charge in [-0.1, -0.05) is 12.1 Å². The molecule has 2 fully saturated rings. The van der Waals surface area contributed by atoms with Crippen LogP contribution in [0.3, 0.4) is 0 Å². The zero-order valence-electron chi connectivity index (χ0n) is 16.5. The summed E-state index contributed by atoms with van der Waals surface area (Å²) in [4.78, 5) is 19.7. The molecule has 28 heavy (non-hydrogen) atoms. The topological polar surface area (TPSA) is 68.6 Å². The first-order chi connectivity index (χ1) is 13.7. The van der Waals surface area contributed by atoms with Crippen molar-refractivity contribution in [1.82, 2.24) is 19.8 Å². The smallest absolute Gasteiger partial charge is 0.318 e. The number of urea groups is 1. The predicted octanol–water partition coefficient (Wildman–Crippen LogP) is 2.73. The highest BCUT2D eigenvalue weighted by Gasteiger charge is 2.36. The van der Waals surface area contributed by atoms with Crippen LogP contribution in [-0.2, 0) is 11.8 Å². The number of aromatic nitrogens is 2. The summed E-state index contributed by atoms with van der Waals surface area (Å²) in [6.07, 6.45) is 6.84. The number of nitrogens with one attached hydrogen (secondary N) is 1. The molecule has 0 bridgehead atoms. The molecule has 2 atom stereocenters. The fourth-order valence-electron chi connectivity index (χ4n) is 3.74. The molecule has 1 aromatic carbocycles. The van der Waals surface area contributed by atoms with E-state index in [9.17, 15) is 4.79 Å². The van der Waals surface area contributed by atoms with Crippen LogP contribution < -0.4 is 10.1 Å². The second kappa shape index (κ2) is 8.22. The predicted molar refractivity (Wildman–Crippen MR) is 105 cm³/mol. The molecule has 1 saturated carbocycles. The third kappa shape index (κ3) is 4.14. The zero-order chi connectivity index (χ0) is 19.5. The highest BCUT2D eigenvalue weighted by molar-refractivity contribution is 5.76. The lowest BCUT2D eigenvalue weighted by Crippen LogP contribution is -2.45. The highest BCUT2D eigenvalue weighted by Crippen LogP contribution is 2.30. The van der Waals surface area contributed by atoms with Gasteiger partial charge in [0, 0.05) is 44.6 Å². The summed E-state index contributed by atoms with van der Waals surface area (Å²) >= 11 is 0. The average Bonchev–Trinajstić information content (AvgIpc) is 3.25. The number of benzene rings is 1. The van der Waals surface area contributed by atoms with Crippen LogP contribution >= 0.6 is 0 Å². The Hall–Kier alpha value is -2.54. The van der Waals surface area contributed by atoms with Crippen molar-refractivity contribution in [1.29, 1.82) is 0 Å². The zero-order valence-corrected chi connectivity index (χ0v) is 16.5. The largest absolute Gasteiger partial charge is 0.497 e. The molecule has 2 aliphatic rings. The van der Waals surface area contributed by atoms with Gasteiger partial charge in [0.05, 0.1) is 13.7 Å². The van der Waals surface area contributed by atoms with Gasteiger partial charge in [-0.05, 0) is 37.0 Å². The molecule has 4 rings (SSSR count). The molecule has 2 amide bonds. The van der Waals surface area contributed by atoms with E-state index < -0.39 is 0 Å². The number of carbonyl (C=O) groups excluding carboxylic acids is 1. The van der Waals surface area contributed by atoms with Gasteiger partial charge in [0.2, 0.25) is 0 Å². The third-order valence-corrected chi connectivity index (χ3v) is 5.56. The van der Waals surface area contributed by atoms with Crippen molar-refractivity contribution < 1.29 is 14.3 Å². The maximum atomic E-state index is 13.2. The number of hydrogen-bond donors (Lipinski definition) is 1. The van der Waals surface area contributed by atoms with Gasteiger partial charge < -0.3 is 24.3 Å². The third-order valence-electron chi connectivity index (χ3n) is 5.56. The van der Waals surface area contributed by atoms with Crippen LogP contribution in [0.25, 0.3) is 0 Å². The van der Waals surface area contributed by atoms with Crippen LogP contribution in [0, 0.1) is 5.92 Å². The van der Waals surface area contributed by atoms with Crippen LogP contribution in [-0.4, -0.2) is 53.4 Å². The van der Waals surface area contributed by atoms with Crippen LogP contribution in [0.2, 0.25) is 0 Å². The summed E-state index contributed by atoms with van der Waals surface area (Å²) in [5.41, 5.74) is 0.975. The van der Waals surface area contributed by atoms with Crippen LogP contribution in [0.1, 0.15) is 36.7 Å². The van der Waals surface area contributed by atoms with E-state index in [-0.39, 0.29) is 12.1 Å². The molecule has 1 saturated heterocycles. The van der Waals surface area contributed by atoms with E-state index >= 15 is 0 Å². The molecule has 1 N–H and O–H groups in total. The molecular formula is C21H28N4O3. The fraction of sp³-hybridized carbons (Fsp3) is 0.524. The second-order valence-corrected chi connectivity index (χ2v) is 7.67. The Bertz CT molecular complexity index is 794. The Morgan fingerprint density at radius 2 is 2.14 bits per heavy atom. The summed E-state index contributed by atoms with van der Waals surface area (Å²) in [6.45, 7) is 2.30. The maximum absolute atomic E-state index is 13.2. The van der Waals surface area contributed by atoms with E-state index in [4.69, 9.17) is 9.47 Å². The lowest BCUT2D eigenvalue weighted by molar-refractivity contribution is 0.161. The molecule has 2 heterocycles. The molecule has 150 valence electrons. The number of aryl methyl sites for hydroxylation is 1. The number of amides is 2. The first kappa shape index (κ1) is 18.8. The Morgan fingerprint density at radius 3 is 2.71 bits per heavy atom. The number of nitrogens with zero attached hydrogens (tertiary/aromatic N) is 3. The first-order valence-electron chi connectivity index (χ1n) is 9.91. The maximum Gasteiger partial charge on any atom is 0.318 e. The van der Waals surface area contributed by atoms with E-state index in [0.29, 0.717) is 12.0 Å². The van der Waals surface area contributed by atoms with Crippen LogP contribution in [0.5, 0.6) is 5.75 Å². The van der Waals surface area contributed by atoms with Gasteiger partial charge in [0.15, 0.2) is 0 Å². The molecule has 2 aromatic rings. The minimum absolute atomic E-state index is 0.0294. The van der Waals surface area contributed by atoms with Gasteiger partial charge in [0.25, 0.3) is 0 Å². The van der Waals surface area contributed by atoms with Gasteiger partial charge in [-0.2, -0.15) is 0 Å². The number of methoxy groups -OCH3 is 1. The molecule has 2 unspecified atom stereocenters. The van der Waals surface area contributed by atoms with Crippen molar-refractivity contribution in [3.8, 4) is 5.75 Å². The van der Waals surface area contributed by atoms with Gasteiger partial charge in [-0.15, -0.1) is 0 Å². The molecule has 1 aliphatic heterocycles. The first-order valence-corrected chi connectivity index (χ1v) is 9.91. The lowest BCUT2D eigenvalue weighted by atomic mass is 10.1. The van der Waals surface area contributed by atoms with Gasteiger partial charge >= 0.3 is 6.03 Å². The summed E-state index contributed by atoms with van der Waals surface area (Å²) in [5, 5.41) is 3.23. The van der Waals surface area contributed by atoms with E-state index in [2.05, 4.69) is 10.3 Å². The minimum atomic E-state index is -0.320. The van der Waals surface area contributed by atoms with E-state index in [0.717, 1.165) is 56.2 Å². The Kier molecular flexibility index (Phi) is 5.52. The number of imidazole rings is 1. The molecule has 0 radical (unpaired) electrons. The molecule has 7 heteroatoms. The fourth-order valence-corrected chi connectivity index (χ4v) is 3.74. The average molecular weight is 384 g/mol. The van der Waals surface area contributed by atoms with Gasteiger partial charge in [0.1, 0.15) is 17.6 Å². The molecule has 1 aliphatic carbocycles. The van der Waals surface area contributed by atoms with Crippen molar-refractivity contribution in [3.63, 3.8) is 0 Å². The summed E-state index contributed by atoms with van der Waals surface area (Å²) in [6, 6.07) is 7.77. The quantitative estimate of drug-likeness (QED) is 0.797. The van der Waals surface area contributed by atoms with Crippen LogP contribution in [0.15, 0.2) is 36.7 Å². The highest BCUT2D eigenvalue weighted by atomic mass is 16.5. The van der Waals surface area contributed by atoms with Gasteiger partial charge in [-0.3, -0.25) is 0 Å². The molecule has 0 spiro atoms. The van der Waals surface area contributed by atoms with Crippen molar-refractivity contribution in [3.05, 3.63) is 48.0 Å². The standard InChI is InChI=1S/C21H28N4O3/c1-24-11-10-22-20(24)19(16-3-7-18(27-2)8-4-16)23-21(26)25(17-5-6-17)13-15-9-12-28-14-15/h3-4,7-8,10-11,15,17,19H,5-6,9,12-14H2,1-2H3,(H,23,26). The van der Waals surface area contributed by atoms with Crippen molar-refractivity contribution in [2.24, 2.45) is 13.0 Å². The molecule has 7 nitrogen and oxygen atoms in total. The Morgan fingerprint density at radius 1 is 1.36 bits per heavy atom.